The molecule has 5 heteroatoms. The molecule has 0 spiro atoms. The molecule has 0 radical (unpaired) electrons. The molecule has 1 N–H and O–H groups in total. The van der Waals surface area contributed by atoms with Gasteiger partial charge in [0.1, 0.15) is 0 Å². The summed E-state index contributed by atoms with van der Waals surface area (Å²) >= 11 is 0. The number of nitrogens with zero attached hydrogens (tertiary/aromatic N) is 3. The van der Waals surface area contributed by atoms with Crippen LogP contribution in [0.1, 0.15) is 31.7 Å². The Morgan fingerprint density at radius 1 is 1.53 bits per heavy atom. The zero-order valence-electron chi connectivity index (χ0n) is 12.2. The van der Waals surface area contributed by atoms with E-state index >= 15 is 0 Å². The lowest BCUT2D eigenvalue weighted by Gasteiger charge is -2.41. The highest BCUT2D eigenvalue weighted by Gasteiger charge is 2.26. The Balaban J connectivity index is 1.89. The number of hydrogen-bond acceptors (Lipinski definition) is 5. The predicted octanol–water partition coefficient (Wildman–Crippen LogP) is 1.26. The third kappa shape index (κ3) is 4.03. The molecule has 1 fully saturated rings. The average molecular weight is 267 g/mol. The summed E-state index contributed by atoms with van der Waals surface area (Å²) in [5.74, 6) is 0.941. The van der Waals surface area contributed by atoms with Crippen molar-refractivity contribution in [2.45, 2.75) is 45.9 Å². The molecule has 2 rings (SSSR count). The highest BCUT2D eigenvalue weighted by atomic mass is 16.5. The van der Waals surface area contributed by atoms with Gasteiger partial charge in [0.15, 0.2) is 5.76 Å². The number of aliphatic hydroxyl groups is 1. The Hall–Kier alpha value is -0.910. The van der Waals surface area contributed by atoms with Crippen molar-refractivity contribution in [3.8, 4) is 0 Å². The lowest BCUT2D eigenvalue weighted by molar-refractivity contribution is 0.0308. The minimum Gasteiger partial charge on any atom is -0.392 e. The molecule has 1 aromatic heterocycles. The molecule has 5 nitrogen and oxygen atoms in total. The van der Waals surface area contributed by atoms with Gasteiger partial charge in [-0.3, -0.25) is 9.80 Å². The molecule has 1 saturated heterocycles. The fraction of sp³-hybridized carbons (Fsp3) is 0.786. The standard InChI is InChI=1S/C14H25N3O2/c1-4-13-9-16(5-6-17(13)8-12(3)18)10-14-7-11(2)15-19-14/h7,12-13,18H,4-6,8-10H2,1-3H3/t12-,13-/m1/s1. The Kier molecular flexibility index (Phi) is 4.96. The minimum atomic E-state index is -0.252. The normalized spacial score (nSPS) is 23.7. The van der Waals surface area contributed by atoms with Crippen LogP contribution in [0.25, 0.3) is 0 Å². The van der Waals surface area contributed by atoms with Crippen LogP contribution in [0.3, 0.4) is 0 Å². The molecule has 0 aromatic carbocycles. The lowest BCUT2D eigenvalue weighted by atomic mass is 10.1. The second kappa shape index (κ2) is 6.50. The van der Waals surface area contributed by atoms with Gasteiger partial charge in [-0.2, -0.15) is 0 Å². The summed E-state index contributed by atoms with van der Waals surface area (Å²) in [4.78, 5) is 4.81. The zero-order chi connectivity index (χ0) is 13.8. The van der Waals surface area contributed by atoms with E-state index in [0.29, 0.717) is 6.04 Å². The SMILES string of the molecule is CC[C@@H]1CN(Cc2cc(C)no2)CCN1C[C@@H](C)O. The van der Waals surface area contributed by atoms with E-state index in [1.54, 1.807) is 0 Å². The van der Waals surface area contributed by atoms with Crippen LogP contribution < -0.4 is 0 Å². The Bertz CT molecular complexity index is 392. The number of piperazine rings is 1. The van der Waals surface area contributed by atoms with Gasteiger partial charge in [0.05, 0.1) is 18.3 Å². The van der Waals surface area contributed by atoms with Crippen LogP contribution in [-0.4, -0.2) is 58.4 Å². The lowest BCUT2D eigenvalue weighted by Crippen LogP contribution is -2.54. The molecule has 0 unspecified atom stereocenters. The van der Waals surface area contributed by atoms with Gasteiger partial charge in [0.2, 0.25) is 0 Å². The van der Waals surface area contributed by atoms with E-state index < -0.39 is 0 Å². The molecule has 2 heterocycles. The Morgan fingerprint density at radius 2 is 2.32 bits per heavy atom. The van der Waals surface area contributed by atoms with E-state index in [1.807, 2.05) is 19.9 Å². The number of aryl methyl sites for hydroxylation is 1. The zero-order valence-corrected chi connectivity index (χ0v) is 12.2. The molecule has 2 atom stereocenters. The molecule has 1 aliphatic rings. The monoisotopic (exact) mass is 267 g/mol. The summed E-state index contributed by atoms with van der Waals surface area (Å²) in [7, 11) is 0. The average Bonchev–Trinajstić information content (AvgIpc) is 2.76. The van der Waals surface area contributed by atoms with Crippen LogP contribution in [-0.2, 0) is 6.54 Å². The summed E-state index contributed by atoms with van der Waals surface area (Å²) in [5.41, 5.74) is 0.940. The maximum absolute atomic E-state index is 9.54. The Morgan fingerprint density at radius 3 is 2.89 bits per heavy atom. The third-order valence-electron chi connectivity index (χ3n) is 3.71. The second-order valence-corrected chi connectivity index (χ2v) is 5.58. The number of aliphatic hydroxyl groups excluding tert-OH is 1. The molecular weight excluding hydrogens is 242 g/mol. The first-order valence-electron chi connectivity index (χ1n) is 7.15. The fourth-order valence-corrected chi connectivity index (χ4v) is 2.78. The van der Waals surface area contributed by atoms with Gasteiger partial charge in [-0.1, -0.05) is 12.1 Å². The van der Waals surface area contributed by atoms with Crippen LogP contribution in [0.5, 0.6) is 0 Å². The van der Waals surface area contributed by atoms with E-state index in [2.05, 4.69) is 21.9 Å². The fourth-order valence-electron chi connectivity index (χ4n) is 2.78. The van der Waals surface area contributed by atoms with Gasteiger partial charge >= 0.3 is 0 Å². The highest BCUT2D eigenvalue weighted by molar-refractivity contribution is 5.03. The van der Waals surface area contributed by atoms with Gasteiger partial charge in [-0.05, 0) is 20.3 Å². The van der Waals surface area contributed by atoms with Crippen molar-refractivity contribution in [1.29, 1.82) is 0 Å². The van der Waals surface area contributed by atoms with Crippen molar-refractivity contribution in [3.63, 3.8) is 0 Å². The molecule has 0 saturated carbocycles. The van der Waals surface area contributed by atoms with Crippen molar-refractivity contribution in [2.24, 2.45) is 0 Å². The largest absolute Gasteiger partial charge is 0.392 e. The van der Waals surface area contributed by atoms with Crippen molar-refractivity contribution in [1.82, 2.24) is 15.0 Å². The van der Waals surface area contributed by atoms with E-state index in [4.69, 9.17) is 4.52 Å². The molecule has 0 amide bonds. The predicted molar refractivity (Wildman–Crippen MR) is 73.8 cm³/mol. The van der Waals surface area contributed by atoms with Crippen LogP contribution in [0.4, 0.5) is 0 Å². The van der Waals surface area contributed by atoms with Gasteiger partial charge < -0.3 is 9.63 Å². The van der Waals surface area contributed by atoms with Crippen molar-refractivity contribution < 1.29 is 9.63 Å². The smallest absolute Gasteiger partial charge is 0.150 e. The summed E-state index contributed by atoms with van der Waals surface area (Å²) < 4.78 is 5.28. The van der Waals surface area contributed by atoms with Crippen molar-refractivity contribution in [2.75, 3.05) is 26.2 Å². The first-order valence-corrected chi connectivity index (χ1v) is 7.15. The van der Waals surface area contributed by atoms with Crippen LogP contribution in [0, 0.1) is 6.92 Å². The molecule has 108 valence electrons. The first kappa shape index (κ1) is 14.5. The number of rotatable bonds is 5. The van der Waals surface area contributed by atoms with Crippen molar-refractivity contribution >= 4 is 0 Å². The maximum Gasteiger partial charge on any atom is 0.150 e. The minimum absolute atomic E-state index is 0.252. The van der Waals surface area contributed by atoms with Gasteiger partial charge in [-0.25, -0.2) is 0 Å². The van der Waals surface area contributed by atoms with Crippen LogP contribution in [0.15, 0.2) is 10.6 Å². The van der Waals surface area contributed by atoms with E-state index in [1.165, 1.54) is 0 Å². The van der Waals surface area contributed by atoms with Gasteiger partial charge in [0, 0.05) is 38.3 Å². The topological polar surface area (TPSA) is 52.7 Å². The Labute approximate surface area is 115 Å². The number of β-amino-alcohol motifs (C(OH)–C–C–N with tert-alkyl or cyclic N) is 1. The summed E-state index contributed by atoms with van der Waals surface area (Å²) in [6.45, 7) is 10.7. The molecule has 0 bridgehead atoms. The molecular formula is C14H25N3O2. The quantitative estimate of drug-likeness (QED) is 0.870. The first-order chi connectivity index (χ1) is 9.08. The van der Waals surface area contributed by atoms with Crippen LogP contribution >= 0.6 is 0 Å². The van der Waals surface area contributed by atoms with Gasteiger partial charge in [-0.15, -0.1) is 0 Å². The van der Waals surface area contributed by atoms with E-state index in [9.17, 15) is 5.11 Å². The highest BCUT2D eigenvalue weighted by Crippen LogP contribution is 2.16. The molecule has 0 aliphatic carbocycles. The molecule has 19 heavy (non-hydrogen) atoms. The van der Waals surface area contributed by atoms with Crippen LogP contribution in [0.2, 0.25) is 0 Å². The second-order valence-electron chi connectivity index (χ2n) is 5.58. The van der Waals surface area contributed by atoms with E-state index in [-0.39, 0.29) is 6.10 Å². The maximum atomic E-state index is 9.54. The summed E-state index contributed by atoms with van der Waals surface area (Å²) in [5, 5.41) is 13.5. The third-order valence-corrected chi connectivity index (χ3v) is 3.71. The number of hydrogen-bond donors (Lipinski definition) is 1. The van der Waals surface area contributed by atoms with Gasteiger partial charge in [0.25, 0.3) is 0 Å². The van der Waals surface area contributed by atoms with Crippen molar-refractivity contribution in [3.05, 3.63) is 17.5 Å². The number of aromatic nitrogens is 1. The molecule has 1 aromatic rings. The summed E-state index contributed by atoms with van der Waals surface area (Å²) in [6.07, 6.45) is 0.857. The van der Waals surface area contributed by atoms with E-state index in [0.717, 1.165) is 50.6 Å². The summed E-state index contributed by atoms with van der Waals surface area (Å²) in [6, 6.07) is 2.52. The molecule has 1 aliphatic heterocycles.